The number of unbranched alkanes of at least 4 members (excludes halogenated alkanes) is 29. The highest BCUT2D eigenvalue weighted by Crippen LogP contribution is 2.15. The van der Waals surface area contributed by atoms with E-state index >= 15 is 0 Å². The minimum absolute atomic E-state index is 0.0751. The van der Waals surface area contributed by atoms with Gasteiger partial charge in [0.2, 0.25) is 0 Å². The summed E-state index contributed by atoms with van der Waals surface area (Å²) in [6, 6.07) is 0. The molecule has 1 unspecified atom stereocenters. The van der Waals surface area contributed by atoms with Crippen molar-refractivity contribution in [1.82, 2.24) is 0 Å². The molecule has 338 valence electrons. The third kappa shape index (κ3) is 44.7. The van der Waals surface area contributed by atoms with Gasteiger partial charge in [0.15, 0.2) is 6.10 Å². The largest absolute Gasteiger partial charge is 0.462 e. The van der Waals surface area contributed by atoms with Crippen molar-refractivity contribution in [3.05, 3.63) is 36.5 Å². The molecule has 0 fully saturated rings. The number of hydrogen-bond donors (Lipinski definition) is 0. The van der Waals surface area contributed by atoms with Gasteiger partial charge >= 0.3 is 17.9 Å². The lowest BCUT2D eigenvalue weighted by Gasteiger charge is -2.18. The van der Waals surface area contributed by atoms with Gasteiger partial charge in [-0.1, -0.05) is 211 Å². The monoisotopic (exact) mass is 815 g/mol. The standard InChI is InChI=1S/C52H94O6/c1-4-7-10-13-16-19-22-23-24-25-26-27-28-29-31-33-36-39-42-45-51(54)57-48-49(47-56-50(53)44-41-38-35-32-21-18-15-12-9-6-3)58-52(55)46-43-40-37-34-30-20-17-14-11-8-5-2/h15-16,18-19,22-23,49H,4-14,17,20-21,24-48H2,1-3H3/b18-15-,19-16-,23-22-. The number of hydrogen-bond acceptors (Lipinski definition) is 6. The van der Waals surface area contributed by atoms with Crippen LogP contribution >= 0.6 is 0 Å². The van der Waals surface area contributed by atoms with E-state index in [1.807, 2.05) is 0 Å². The fourth-order valence-corrected chi connectivity index (χ4v) is 7.06. The van der Waals surface area contributed by atoms with Crippen molar-refractivity contribution in [2.75, 3.05) is 13.2 Å². The zero-order chi connectivity index (χ0) is 42.3. The van der Waals surface area contributed by atoms with Crippen molar-refractivity contribution in [2.24, 2.45) is 0 Å². The first-order chi connectivity index (χ1) is 28.5. The van der Waals surface area contributed by atoms with Crippen LogP contribution in [0.5, 0.6) is 0 Å². The first kappa shape index (κ1) is 55.6. The molecule has 0 aromatic heterocycles. The Kier molecular flexibility index (Phi) is 45.4. The molecule has 0 saturated carbocycles. The molecule has 6 nitrogen and oxygen atoms in total. The van der Waals surface area contributed by atoms with Crippen LogP contribution in [-0.2, 0) is 28.6 Å². The third-order valence-electron chi connectivity index (χ3n) is 10.9. The second kappa shape index (κ2) is 47.3. The molecular formula is C52H94O6. The van der Waals surface area contributed by atoms with Gasteiger partial charge in [-0.15, -0.1) is 0 Å². The number of esters is 3. The summed E-state index contributed by atoms with van der Waals surface area (Å²) in [5, 5.41) is 0. The zero-order valence-corrected chi connectivity index (χ0v) is 38.6. The molecule has 0 aliphatic carbocycles. The van der Waals surface area contributed by atoms with Crippen LogP contribution in [0.25, 0.3) is 0 Å². The van der Waals surface area contributed by atoms with Crippen LogP contribution in [0, 0.1) is 0 Å². The van der Waals surface area contributed by atoms with E-state index in [4.69, 9.17) is 14.2 Å². The molecule has 0 N–H and O–H groups in total. The van der Waals surface area contributed by atoms with Crippen molar-refractivity contribution >= 4 is 17.9 Å². The maximum atomic E-state index is 12.7. The molecule has 0 saturated heterocycles. The number of rotatable bonds is 45. The SMILES string of the molecule is CCCC/C=C\CCCCCCC(=O)OCC(COC(=O)CCCCCCCCCCCC/C=C\C=C/CCCCC)OC(=O)CCCCCCCCCCCCC. The topological polar surface area (TPSA) is 78.9 Å². The molecule has 0 rings (SSSR count). The quantitative estimate of drug-likeness (QED) is 0.0200. The second-order valence-corrected chi connectivity index (χ2v) is 16.8. The van der Waals surface area contributed by atoms with Gasteiger partial charge in [-0.05, 0) is 64.2 Å². The second-order valence-electron chi connectivity index (χ2n) is 16.8. The molecule has 0 heterocycles. The zero-order valence-electron chi connectivity index (χ0n) is 38.6. The number of carbonyl (C=O) groups is 3. The molecule has 0 radical (unpaired) electrons. The minimum Gasteiger partial charge on any atom is -0.462 e. The summed E-state index contributed by atoms with van der Waals surface area (Å²) in [5.74, 6) is -0.886. The van der Waals surface area contributed by atoms with E-state index in [0.29, 0.717) is 19.3 Å². The molecule has 6 heteroatoms. The highest BCUT2D eigenvalue weighted by atomic mass is 16.6. The maximum Gasteiger partial charge on any atom is 0.306 e. The summed E-state index contributed by atoms with van der Waals surface area (Å²) < 4.78 is 16.7. The molecule has 1 atom stereocenters. The van der Waals surface area contributed by atoms with E-state index in [1.165, 1.54) is 141 Å². The summed E-state index contributed by atoms with van der Waals surface area (Å²) in [7, 11) is 0. The van der Waals surface area contributed by atoms with Gasteiger partial charge in [0.1, 0.15) is 13.2 Å². The Morgan fingerprint density at radius 3 is 1.05 bits per heavy atom. The molecule has 58 heavy (non-hydrogen) atoms. The van der Waals surface area contributed by atoms with Gasteiger partial charge in [0.25, 0.3) is 0 Å². The fourth-order valence-electron chi connectivity index (χ4n) is 7.06. The van der Waals surface area contributed by atoms with Crippen LogP contribution in [0.2, 0.25) is 0 Å². The molecule has 0 bridgehead atoms. The lowest BCUT2D eigenvalue weighted by Crippen LogP contribution is -2.30. The van der Waals surface area contributed by atoms with Crippen molar-refractivity contribution < 1.29 is 28.6 Å². The lowest BCUT2D eigenvalue weighted by molar-refractivity contribution is -0.167. The van der Waals surface area contributed by atoms with E-state index in [0.717, 1.165) is 77.0 Å². The van der Waals surface area contributed by atoms with Crippen LogP contribution < -0.4 is 0 Å². The normalized spacial score (nSPS) is 12.3. The Morgan fingerprint density at radius 2 is 0.638 bits per heavy atom. The summed E-state index contributed by atoms with van der Waals surface area (Å²) >= 11 is 0. The van der Waals surface area contributed by atoms with Crippen molar-refractivity contribution in [1.29, 1.82) is 0 Å². The Bertz CT molecular complexity index is 984. The predicted molar refractivity (Wildman–Crippen MR) is 247 cm³/mol. The van der Waals surface area contributed by atoms with E-state index in [2.05, 4.69) is 57.2 Å². The highest BCUT2D eigenvalue weighted by molar-refractivity contribution is 5.71. The molecular weight excluding hydrogens is 721 g/mol. The molecule has 0 amide bonds. The predicted octanol–water partition coefficient (Wildman–Crippen LogP) is 16.1. The fraction of sp³-hybridized carbons (Fsp3) is 0.827. The van der Waals surface area contributed by atoms with E-state index < -0.39 is 6.10 Å². The highest BCUT2D eigenvalue weighted by Gasteiger charge is 2.19. The van der Waals surface area contributed by atoms with Crippen LogP contribution in [0.1, 0.15) is 258 Å². The maximum absolute atomic E-state index is 12.7. The third-order valence-corrected chi connectivity index (χ3v) is 10.9. The Balaban J connectivity index is 4.28. The average molecular weight is 815 g/mol. The lowest BCUT2D eigenvalue weighted by atomic mass is 10.1. The molecule has 0 aliphatic heterocycles. The van der Waals surface area contributed by atoms with Crippen molar-refractivity contribution in [2.45, 2.75) is 264 Å². The van der Waals surface area contributed by atoms with Crippen LogP contribution in [0.15, 0.2) is 36.5 Å². The van der Waals surface area contributed by atoms with Gasteiger partial charge in [0, 0.05) is 19.3 Å². The summed E-state index contributed by atoms with van der Waals surface area (Å²) in [6.45, 7) is 6.56. The summed E-state index contributed by atoms with van der Waals surface area (Å²) in [6.07, 6.45) is 54.1. The first-order valence-corrected chi connectivity index (χ1v) is 25.0. The molecule has 0 spiro atoms. The van der Waals surface area contributed by atoms with Crippen LogP contribution in [-0.4, -0.2) is 37.2 Å². The van der Waals surface area contributed by atoms with Crippen molar-refractivity contribution in [3.63, 3.8) is 0 Å². The van der Waals surface area contributed by atoms with Crippen molar-refractivity contribution in [3.8, 4) is 0 Å². The minimum atomic E-state index is -0.772. The molecule has 0 aliphatic rings. The van der Waals surface area contributed by atoms with E-state index in [9.17, 15) is 14.4 Å². The summed E-state index contributed by atoms with van der Waals surface area (Å²) in [4.78, 5) is 37.8. The van der Waals surface area contributed by atoms with E-state index in [1.54, 1.807) is 0 Å². The van der Waals surface area contributed by atoms with Crippen LogP contribution in [0.4, 0.5) is 0 Å². The van der Waals surface area contributed by atoms with Gasteiger partial charge in [0.05, 0.1) is 0 Å². The van der Waals surface area contributed by atoms with Crippen LogP contribution in [0.3, 0.4) is 0 Å². The summed E-state index contributed by atoms with van der Waals surface area (Å²) in [5.41, 5.74) is 0. The van der Waals surface area contributed by atoms with E-state index in [-0.39, 0.29) is 31.1 Å². The average Bonchev–Trinajstić information content (AvgIpc) is 3.22. The Labute approximate surface area is 359 Å². The van der Waals surface area contributed by atoms with Gasteiger partial charge in [-0.3, -0.25) is 14.4 Å². The smallest absolute Gasteiger partial charge is 0.306 e. The number of allylic oxidation sites excluding steroid dienone is 6. The molecule has 0 aromatic rings. The first-order valence-electron chi connectivity index (χ1n) is 25.0. The number of ether oxygens (including phenoxy) is 3. The Hall–Kier alpha value is -2.37. The molecule has 0 aromatic carbocycles. The Morgan fingerprint density at radius 1 is 0.345 bits per heavy atom. The van der Waals surface area contributed by atoms with Gasteiger partial charge < -0.3 is 14.2 Å². The van der Waals surface area contributed by atoms with Gasteiger partial charge in [-0.2, -0.15) is 0 Å². The van der Waals surface area contributed by atoms with Gasteiger partial charge in [-0.25, -0.2) is 0 Å². The number of carbonyl (C=O) groups excluding carboxylic acids is 3.